The SMILES string of the molecule is CC(N)CCC(=O)NCc1ccccc1CN(C)C. The molecule has 0 radical (unpaired) electrons. The summed E-state index contributed by atoms with van der Waals surface area (Å²) in [4.78, 5) is 13.8. The maximum atomic E-state index is 11.7. The number of hydrogen-bond acceptors (Lipinski definition) is 3. The number of nitrogens with two attached hydrogens (primary N) is 1. The molecule has 0 aromatic heterocycles. The predicted octanol–water partition coefficient (Wildman–Crippen LogP) is 1.49. The fraction of sp³-hybridized carbons (Fsp3) is 0.533. The molecule has 19 heavy (non-hydrogen) atoms. The van der Waals surface area contributed by atoms with E-state index in [-0.39, 0.29) is 11.9 Å². The van der Waals surface area contributed by atoms with Crippen LogP contribution in [0.1, 0.15) is 30.9 Å². The lowest BCUT2D eigenvalue weighted by atomic mass is 10.1. The van der Waals surface area contributed by atoms with Crippen LogP contribution < -0.4 is 11.1 Å². The molecule has 0 heterocycles. The third kappa shape index (κ3) is 6.36. The highest BCUT2D eigenvalue weighted by Gasteiger charge is 2.06. The number of nitrogens with zero attached hydrogens (tertiary/aromatic N) is 1. The molecular weight excluding hydrogens is 238 g/mol. The van der Waals surface area contributed by atoms with Crippen molar-refractivity contribution in [3.63, 3.8) is 0 Å². The van der Waals surface area contributed by atoms with E-state index in [0.717, 1.165) is 13.0 Å². The van der Waals surface area contributed by atoms with Crippen LogP contribution in [0.15, 0.2) is 24.3 Å². The Labute approximate surface area is 116 Å². The first-order chi connectivity index (χ1) is 8.99. The van der Waals surface area contributed by atoms with Crippen LogP contribution in [-0.4, -0.2) is 30.9 Å². The van der Waals surface area contributed by atoms with Gasteiger partial charge in [0, 0.05) is 25.6 Å². The minimum Gasteiger partial charge on any atom is -0.352 e. The second-order valence-electron chi connectivity index (χ2n) is 5.30. The minimum absolute atomic E-state index is 0.0666. The molecule has 1 amide bonds. The number of carbonyl (C=O) groups excluding carboxylic acids is 1. The van der Waals surface area contributed by atoms with Gasteiger partial charge in [-0.05, 0) is 38.6 Å². The van der Waals surface area contributed by atoms with Gasteiger partial charge in [0.25, 0.3) is 0 Å². The van der Waals surface area contributed by atoms with Crippen molar-refractivity contribution in [2.45, 2.75) is 38.9 Å². The van der Waals surface area contributed by atoms with Crippen LogP contribution in [0.4, 0.5) is 0 Å². The average Bonchev–Trinajstić information content (AvgIpc) is 2.34. The lowest BCUT2D eigenvalue weighted by molar-refractivity contribution is -0.121. The van der Waals surface area contributed by atoms with Crippen LogP contribution in [0.25, 0.3) is 0 Å². The summed E-state index contributed by atoms with van der Waals surface area (Å²) in [5, 5.41) is 2.95. The summed E-state index contributed by atoms with van der Waals surface area (Å²) in [7, 11) is 4.08. The molecule has 4 heteroatoms. The topological polar surface area (TPSA) is 58.4 Å². The van der Waals surface area contributed by atoms with Crippen LogP contribution in [-0.2, 0) is 17.9 Å². The smallest absolute Gasteiger partial charge is 0.220 e. The Balaban J connectivity index is 2.50. The molecule has 0 fully saturated rings. The summed E-state index contributed by atoms with van der Waals surface area (Å²) < 4.78 is 0. The molecule has 106 valence electrons. The van der Waals surface area contributed by atoms with Gasteiger partial charge < -0.3 is 16.0 Å². The molecule has 0 saturated carbocycles. The molecule has 0 aliphatic heterocycles. The Bertz CT molecular complexity index is 402. The number of hydrogen-bond donors (Lipinski definition) is 2. The van der Waals surface area contributed by atoms with Gasteiger partial charge in [0.2, 0.25) is 5.91 Å². The summed E-state index contributed by atoms with van der Waals surface area (Å²) in [5.74, 6) is 0.0666. The molecule has 0 spiro atoms. The highest BCUT2D eigenvalue weighted by atomic mass is 16.1. The molecule has 0 aliphatic carbocycles. The Morgan fingerprint density at radius 2 is 1.95 bits per heavy atom. The number of nitrogens with one attached hydrogen (secondary N) is 1. The Morgan fingerprint density at radius 3 is 2.53 bits per heavy atom. The zero-order chi connectivity index (χ0) is 14.3. The zero-order valence-electron chi connectivity index (χ0n) is 12.1. The molecular formula is C15H25N3O. The maximum Gasteiger partial charge on any atom is 0.220 e. The van der Waals surface area contributed by atoms with Crippen molar-refractivity contribution in [3.8, 4) is 0 Å². The fourth-order valence-corrected chi connectivity index (χ4v) is 1.87. The lowest BCUT2D eigenvalue weighted by Gasteiger charge is -2.14. The maximum absolute atomic E-state index is 11.7. The normalized spacial score (nSPS) is 12.5. The first-order valence-electron chi connectivity index (χ1n) is 6.73. The molecule has 1 atom stereocenters. The molecule has 0 bridgehead atoms. The summed E-state index contributed by atoms with van der Waals surface area (Å²) in [6.07, 6.45) is 1.22. The number of rotatable bonds is 7. The molecule has 1 rings (SSSR count). The highest BCUT2D eigenvalue weighted by molar-refractivity contribution is 5.75. The van der Waals surface area contributed by atoms with Gasteiger partial charge in [-0.1, -0.05) is 24.3 Å². The first kappa shape index (κ1) is 15.7. The molecule has 0 aliphatic rings. The van der Waals surface area contributed by atoms with E-state index in [1.54, 1.807) is 0 Å². The number of benzene rings is 1. The van der Waals surface area contributed by atoms with Gasteiger partial charge in [-0.25, -0.2) is 0 Å². The summed E-state index contributed by atoms with van der Waals surface area (Å²) >= 11 is 0. The van der Waals surface area contributed by atoms with E-state index in [1.165, 1.54) is 11.1 Å². The van der Waals surface area contributed by atoms with Gasteiger partial charge >= 0.3 is 0 Å². The van der Waals surface area contributed by atoms with Crippen molar-refractivity contribution in [1.82, 2.24) is 10.2 Å². The largest absolute Gasteiger partial charge is 0.352 e. The van der Waals surface area contributed by atoms with E-state index in [1.807, 2.05) is 33.2 Å². The van der Waals surface area contributed by atoms with E-state index in [4.69, 9.17) is 5.73 Å². The van der Waals surface area contributed by atoms with Gasteiger partial charge in [0.05, 0.1) is 0 Å². The van der Waals surface area contributed by atoms with Crippen molar-refractivity contribution >= 4 is 5.91 Å². The highest BCUT2D eigenvalue weighted by Crippen LogP contribution is 2.10. The summed E-state index contributed by atoms with van der Waals surface area (Å²) in [6, 6.07) is 8.27. The third-order valence-electron chi connectivity index (χ3n) is 2.91. The minimum atomic E-state index is 0.0666. The van der Waals surface area contributed by atoms with E-state index in [9.17, 15) is 4.79 Å². The molecule has 1 aromatic rings. The van der Waals surface area contributed by atoms with E-state index in [0.29, 0.717) is 13.0 Å². The van der Waals surface area contributed by atoms with Crippen molar-refractivity contribution in [1.29, 1.82) is 0 Å². The molecule has 4 nitrogen and oxygen atoms in total. The van der Waals surface area contributed by atoms with Crippen molar-refractivity contribution in [2.75, 3.05) is 14.1 Å². The van der Waals surface area contributed by atoms with Crippen LogP contribution in [0, 0.1) is 0 Å². The first-order valence-corrected chi connectivity index (χ1v) is 6.73. The molecule has 3 N–H and O–H groups in total. The van der Waals surface area contributed by atoms with Crippen LogP contribution in [0.5, 0.6) is 0 Å². The summed E-state index contributed by atoms with van der Waals surface area (Å²) in [6.45, 7) is 3.38. The fourth-order valence-electron chi connectivity index (χ4n) is 1.87. The van der Waals surface area contributed by atoms with Gasteiger partial charge in [-0.2, -0.15) is 0 Å². The number of amides is 1. The van der Waals surface area contributed by atoms with Gasteiger partial charge in [0.1, 0.15) is 0 Å². The van der Waals surface area contributed by atoms with E-state index >= 15 is 0 Å². The van der Waals surface area contributed by atoms with Gasteiger partial charge in [0.15, 0.2) is 0 Å². The number of carbonyl (C=O) groups is 1. The quantitative estimate of drug-likeness (QED) is 0.783. The monoisotopic (exact) mass is 263 g/mol. The lowest BCUT2D eigenvalue weighted by Crippen LogP contribution is -2.26. The second-order valence-corrected chi connectivity index (χ2v) is 5.30. The molecule has 1 aromatic carbocycles. The second kappa shape index (κ2) is 7.92. The summed E-state index contributed by atoms with van der Waals surface area (Å²) in [5.41, 5.74) is 8.06. The van der Waals surface area contributed by atoms with E-state index in [2.05, 4.69) is 22.3 Å². The van der Waals surface area contributed by atoms with Crippen molar-refractivity contribution in [2.24, 2.45) is 5.73 Å². The average molecular weight is 263 g/mol. The zero-order valence-corrected chi connectivity index (χ0v) is 12.1. The van der Waals surface area contributed by atoms with Crippen molar-refractivity contribution < 1.29 is 4.79 Å². The Morgan fingerprint density at radius 1 is 1.32 bits per heavy atom. The van der Waals surface area contributed by atoms with Crippen molar-refractivity contribution in [3.05, 3.63) is 35.4 Å². The van der Waals surface area contributed by atoms with E-state index < -0.39 is 0 Å². The predicted molar refractivity (Wildman–Crippen MR) is 78.6 cm³/mol. The van der Waals surface area contributed by atoms with Gasteiger partial charge in [-0.3, -0.25) is 4.79 Å². The van der Waals surface area contributed by atoms with Crippen LogP contribution in [0.3, 0.4) is 0 Å². The standard InChI is InChI=1S/C15H25N3O/c1-12(16)8-9-15(19)17-10-13-6-4-5-7-14(13)11-18(2)3/h4-7,12H,8-11,16H2,1-3H3,(H,17,19). The van der Waals surface area contributed by atoms with Gasteiger partial charge in [-0.15, -0.1) is 0 Å². The molecule has 0 saturated heterocycles. The Hall–Kier alpha value is -1.39. The van der Waals surface area contributed by atoms with Crippen LogP contribution in [0.2, 0.25) is 0 Å². The molecule has 1 unspecified atom stereocenters. The van der Waals surface area contributed by atoms with Crippen LogP contribution >= 0.6 is 0 Å². The third-order valence-corrected chi connectivity index (χ3v) is 2.91. The Kier molecular flexibility index (Phi) is 6.53.